The van der Waals surface area contributed by atoms with Crippen molar-refractivity contribution < 1.29 is 4.74 Å². The molecule has 1 aromatic rings. The van der Waals surface area contributed by atoms with Gasteiger partial charge in [0.2, 0.25) is 0 Å². The molecule has 1 N–H and O–H groups in total. The van der Waals surface area contributed by atoms with E-state index in [0.29, 0.717) is 0 Å². The monoisotopic (exact) mass is 260 g/mol. The minimum Gasteiger partial charge on any atom is -0.494 e. The van der Waals surface area contributed by atoms with E-state index in [1.807, 2.05) is 6.92 Å². The Morgan fingerprint density at radius 1 is 1.16 bits per heavy atom. The molecule has 2 aliphatic rings. The van der Waals surface area contributed by atoms with Gasteiger partial charge in [-0.25, -0.2) is 0 Å². The summed E-state index contributed by atoms with van der Waals surface area (Å²) >= 11 is 0. The van der Waals surface area contributed by atoms with Crippen LogP contribution in [0.1, 0.15) is 31.7 Å². The van der Waals surface area contributed by atoms with E-state index in [-0.39, 0.29) is 0 Å². The van der Waals surface area contributed by atoms with Crippen LogP contribution in [0.15, 0.2) is 24.3 Å². The maximum Gasteiger partial charge on any atom is 0.119 e. The van der Waals surface area contributed by atoms with Crippen LogP contribution in [-0.2, 0) is 6.54 Å². The molecule has 19 heavy (non-hydrogen) atoms. The van der Waals surface area contributed by atoms with Gasteiger partial charge >= 0.3 is 0 Å². The van der Waals surface area contributed by atoms with Crippen LogP contribution in [0, 0.1) is 0 Å². The number of benzene rings is 1. The maximum atomic E-state index is 5.47. The lowest BCUT2D eigenvalue weighted by Crippen LogP contribution is -2.33. The van der Waals surface area contributed by atoms with Gasteiger partial charge in [-0.15, -0.1) is 0 Å². The highest BCUT2D eigenvalue weighted by Crippen LogP contribution is 2.23. The normalized spacial score (nSPS) is 23.7. The predicted molar refractivity (Wildman–Crippen MR) is 77.5 cm³/mol. The molecule has 1 saturated carbocycles. The molecule has 3 nitrogen and oxygen atoms in total. The number of nitrogens with zero attached hydrogens (tertiary/aromatic N) is 1. The Hall–Kier alpha value is -1.06. The summed E-state index contributed by atoms with van der Waals surface area (Å²) in [5.41, 5.74) is 1.38. The van der Waals surface area contributed by atoms with Crippen LogP contribution in [0.4, 0.5) is 0 Å². The average molecular weight is 260 g/mol. The topological polar surface area (TPSA) is 24.5 Å². The van der Waals surface area contributed by atoms with E-state index in [9.17, 15) is 0 Å². The molecule has 3 heteroatoms. The minimum absolute atomic E-state index is 0.718. The Labute approximate surface area is 115 Å². The van der Waals surface area contributed by atoms with Crippen molar-refractivity contribution in [1.29, 1.82) is 0 Å². The van der Waals surface area contributed by atoms with Crippen molar-refractivity contribution >= 4 is 0 Å². The Balaban J connectivity index is 1.48. The quantitative estimate of drug-likeness (QED) is 0.850. The average Bonchev–Trinajstić information content (AvgIpc) is 3.12. The van der Waals surface area contributed by atoms with Gasteiger partial charge in [0.25, 0.3) is 0 Å². The number of ether oxygens (including phenoxy) is 1. The molecule has 104 valence electrons. The van der Waals surface area contributed by atoms with Gasteiger partial charge in [0.15, 0.2) is 0 Å². The van der Waals surface area contributed by atoms with Crippen LogP contribution < -0.4 is 10.1 Å². The molecule has 1 aromatic carbocycles. The minimum atomic E-state index is 0.718. The third-order valence-electron chi connectivity index (χ3n) is 3.96. The van der Waals surface area contributed by atoms with Crippen molar-refractivity contribution in [2.24, 2.45) is 0 Å². The number of nitrogens with one attached hydrogen (secondary N) is 1. The highest BCUT2D eigenvalue weighted by molar-refractivity contribution is 5.27. The standard InChI is InChI=1S/C16H24N2O/c1-2-19-16-7-3-13(4-8-16)11-18-10-9-15(12-18)17-14-5-6-14/h3-4,7-8,14-15,17H,2,5-6,9-12H2,1H3. The smallest absolute Gasteiger partial charge is 0.119 e. The molecule has 0 radical (unpaired) electrons. The van der Waals surface area contributed by atoms with Crippen LogP contribution >= 0.6 is 0 Å². The Kier molecular flexibility index (Phi) is 4.04. The number of rotatable bonds is 6. The lowest BCUT2D eigenvalue weighted by molar-refractivity contribution is 0.318. The molecule has 1 heterocycles. The second kappa shape index (κ2) is 5.93. The zero-order valence-corrected chi connectivity index (χ0v) is 11.8. The second-order valence-electron chi connectivity index (χ2n) is 5.74. The zero-order chi connectivity index (χ0) is 13.1. The number of hydrogen-bond donors (Lipinski definition) is 1. The summed E-state index contributed by atoms with van der Waals surface area (Å²) < 4.78 is 5.47. The molecule has 1 saturated heterocycles. The summed E-state index contributed by atoms with van der Waals surface area (Å²) in [4.78, 5) is 2.55. The fraction of sp³-hybridized carbons (Fsp3) is 0.625. The third-order valence-corrected chi connectivity index (χ3v) is 3.96. The van der Waals surface area contributed by atoms with Gasteiger partial charge in [0, 0.05) is 31.7 Å². The van der Waals surface area contributed by atoms with Crippen LogP contribution in [0.5, 0.6) is 5.75 Å². The summed E-state index contributed by atoms with van der Waals surface area (Å²) in [6.45, 7) is 6.24. The van der Waals surface area contributed by atoms with Crippen molar-refractivity contribution in [3.8, 4) is 5.75 Å². The molecular weight excluding hydrogens is 236 g/mol. The number of hydrogen-bond acceptors (Lipinski definition) is 3. The van der Waals surface area contributed by atoms with Gasteiger partial charge in [0.1, 0.15) is 5.75 Å². The highest BCUT2D eigenvalue weighted by Gasteiger charge is 2.28. The Bertz CT molecular complexity index is 400. The van der Waals surface area contributed by atoms with E-state index in [2.05, 4.69) is 34.5 Å². The second-order valence-corrected chi connectivity index (χ2v) is 5.74. The van der Waals surface area contributed by atoms with Crippen molar-refractivity contribution in [3.63, 3.8) is 0 Å². The molecule has 2 fully saturated rings. The van der Waals surface area contributed by atoms with Crippen molar-refractivity contribution in [1.82, 2.24) is 10.2 Å². The molecule has 0 spiro atoms. The van der Waals surface area contributed by atoms with Gasteiger partial charge in [-0.2, -0.15) is 0 Å². The molecule has 1 atom stereocenters. The zero-order valence-electron chi connectivity index (χ0n) is 11.8. The summed E-state index contributed by atoms with van der Waals surface area (Å²) in [6.07, 6.45) is 4.07. The molecule has 0 amide bonds. The van der Waals surface area contributed by atoms with Crippen LogP contribution in [0.3, 0.4) is 0 Å². The van der Waals surface area contributed by atoms with Gasteiger partial charge < -0.3 is 10.1 Å². The summed E-state index contributed by atoms with van der Waals surface area (Å²) in [7, 11) is 0. The van der Waals surface area contributed by atoms with Crippen molar-refractivity contribution in [2.45, 2.75) is 44.8 Å². The van der Waals surface area contributed by atoms with Gasteiger partial charge in [-0.05, 0) is 43.9 Å². The molecule has 0 bridgehead atoms. The highest BCUT2D eigenvalue weighted by atomic mass is 16.5. The summed E-state index contributed by atoms with van der Waals surface area (Å²) in [5.74, 6) is 0.973. The Morgan fingerprint density at radius 3 is 2.63 bits per heavy atom. The van der Waals surface area contributed by atoms with Gasteiger partial charge in [-0.3, -0.25) is 4.90 Å². The first-order valence-corrected chi connectivity index (χ1v) is 7.53. The van der Waals surface area contributed by atoms with E-state index >= 15 is 0 Å². The van der Waals surface area contributed by atoms with E-state index in [4.69, 9.17) is 4.74 Å². The lowest BCUT2D eigenvalue weighted by atomic mass is 10.2. The van der Waals surface area contributed by atoms with Gasteiger partial charge in [-0.1, -0.05) is 12.1 Å². The van der Waals surface area contributed by atoms with E-state index in [0.717, 1.165) is 31.0 Å². The summed E-state index contributed by atoms with van der Waals surface area (Å²) in [6, 6.07) is 10.1. The first-order chi connectivity index (χ1) is 9.33. The lowest BCUT2D eigenvalue weighted by Gasteiger charge is -2.17. The molecule has 0 aromatic heterocycles. The fourth-order valence-electron chi connectivity index (χ4n) is 2.81. The van der Waals surface area contributed by atoms with Crippen LogP contribution in [0.25, 0.3) is 0 Å². The molecular formula is C16H24N2O. The molecule has 3 rings (SSSR count). The van der Waals surface area contributed by atoms with E-state index < -0.39 is 0 Å². The van der Waals surface area contributed by atoms with Crippen LogP contribution in [-0.4, -0.2) is 36.7 Å². The first-order valence-electron chi connectivity index (χ1n) is 7.53. The SMILES string of the molecule is CCOc1ccc(CN2CCC(NC3CC3)C2)cc1. The maximum absolute atomic E-state index is 5.47. The van der Waals surface area contributed by atoms with E-state index in [1.54, 1.807) is 0 Å². The van der Waals surface area contributed by atoms with Crippen LogP contribution in [0.2, 0.25) is 0 Å². The fourth-order valence-corrected chi connectivity index (χ4v) is 2.81. The number of likely N-dealkylation sites (tertiary alicyclic amines) is 1. The predicted octanol–water partition coefficient (Wildman–Crippen LogP) is 2.41. The largest absolute Gasteiger partial charge is 0.494 e. The summed E-state index contributed by atoms with van der Waals surface area (Å²) in [5, 5.41) is 3.73. The molecule has 1 aliphatic heterocycles. The first kappa shape index (κ1) is 12.9. The Morgan fingerprint density at radius 2 is 1.95 bits per heavy atom. The van der Waals surface area contributed by atoms with Gasteiger partial charge in [0.05, 0.1) is 6.61 Å². The van der Waals surface area contributed by atoms with Crippen molar-refractivity contribution in [3.05, 3.63) is 29.8 Å². The molecule has 1 aliphatic carbocycles. The van der Waals surface area contributed by atoms with E-state index in [1.165, 1.54) is 37.9 Å². The third kappa shape index (κ3) is 3.71. The molecule has 1 unspecified atom stereocenters. The van der Waals surface area contributed by atoms with Crippen molar-refractivity contribution in [2.75, 3.05) is 19.7 Å².